The monoisotopic (exact) mass is 1030 g/mol. The standard InChI is InChI=1S/C62H115NO10/c1-3-5-7-9-11-13-15-16-17-18-19-20-21-22-23-24-25-26-27-28-29-30-31-32-33-34-35-36-37-38-39-40-42-44-46-48-50-55(66)61(71)63-53(52-72-62-60(70)59(69)58(68)56(51-64)73-62)57(67)54(65)49-47-45-43-41-14-12-10-8-6-4-2/h8,10,23-24,26-27,41,43,53-60,62,64-70H,3-7,9,11-22,25,28-40,42,44-52H2,1-2H3,(H,63,71)/b10-8+,24-23-,27-26-,43-41+. The number of rotatable bonds is 52. The molecule has 1 rings (SSSR count). The summed E-state index contributed by atoms with van der Waals surface area (Å²) < 4.78 is 11.1. The number of unbranched alkanes of at least 4 members (excludes halogenated alkanes) is 32. The maximum atomic E-state index is 13.1. The maximum Gasteiger partial charge on any atom is 0.249 e. The van der Waals surface area contributed by atoms with Gasteiger partial charge in [0.2, 0.25) is 5.91 Å². The van der Waals surface area contributed by atoms with Gasteiger partial charge >= 0.3 is 0 Å². The number of aliphatic hydroxyl groups excluding tert-OH is 7. The lowest BCUT2D eigenvalue weighted by molar-refractivity contribution is -0.303. The molecule has 9 atom stereocenters. The predicted molar refractivity (Wildman–Crippen MR) is 302 cm³/mol. The van der Waals surface area contributed by atoms with E-state index in [1.54, 1.807) is 0 Å². The van der Waals surface area contributed by atoms with E-state index < -0.39 is 74.2 Å². The van der Waals surface area contributed by atoms with Gasteiger partial charge in [0.15, 0.2) is 6.29 Å². The largest absolute Gasteiger partial charge is 0.394 e. The molecule has 8 N–H and O–H groups in total. The normalized spacial score (nSPS) is 20.3. The van der Waals surface area contributed by atoms with Crippen LogP contribution in [0.5, 0.6) is 0 Å². The Balaban J connectivity index is 2.13. The smallest absolute Gasteiger partial charge is 0.249 e. The molecule has 0 spiro atoms. The van der Waals surface area contributed by atoms with Gasteiger partial charge < -0.3 is 50.5 Å². The highest BCUT2D eigenvalue weighted by Gasteiger charge is 2.44. The summed E-state index contributed by atoms with van der Waals surface area (Å²) in [4.78, 5) is 13.1. The number of carbonyl (C=O) groups is 1. The molecule has 1 aliphatic rings. The zero-order valence-corrected chi connectivity index (χ0v) is 46.9. The van der Waals surface area contributed by atoms with Crippen molar-refractivity contribution in [3.8, 4) is 0 Å². The van der Waals surface area contributed by atoms with Gasteiger partial charge in [-0.05, 0) is 77.0 Å². The second-order valence-electron chi connectivity index (χ2n) is 21.4. The first kappa shape index (κ1) is 69.1. The Labute approximate surface area is 447 Å². The lowest BCUT2D eigenvalue weighted by Gasteiger charge is -2.40. The average Bonchev–Trinajstić information content (AvgIpc) is 3.39. The molecule has 428 valence electrons. The molecule has 0 saturated carbocycles. The van der Waals surface area contributed by atoms with Crippen LogP contribution in [-0.2, 0) is 14.3 Å². The van der Waals surface area contributed by atoms with Gasteiger partial charge in [-0.2, -0.15) is 0 Å². The fraction of sp³-hybridized carbons (Fsp3) is 0.855. The van der Waals surface area contributed by atoms with Crippen LogP contribution >= 0.6 is 0 Å². The molecular weight excluding hydrogens is 919 g/mol. The summed E-state index contributed by atoms with van der Waals surface area (Å²) in [7, 11) is 0. The SMILES string of the molecule is CCC/C=C/CC/C=C/CCCC(O)C(O)C(COC1OC(CO)C(O)C(O)C1O)NC(=O)C(O)CCCCCCCCCCCCCCCCCC/C=C\C/C=C\CCCCCCCCCCCCCCC. The van der Waals surface area contributed by atoms with Crippen molar-refractivity contribution in [2.75, 3.05) is 13.2 Å². The summed E-state index contributed by atoms with van der Waals surface area (Å²) in [5.74, 6) is -0.711. The van der Waals surface area contributed by atoms with Crippen molar-refractivity contribution in [1.82, 2.24) is 5.32 Å². The van der Waals surface area contributed by atoms with Crippen LogP contribution in [0.25, 0.3) is 0 Å². The van der Waals surface area contributed by atoms with Crippen LogP contribution in [0.15, 0.2) is 48.6 Å². The Morgan fingerprint density at radius 1 is 0.479 bits per heavy atom. The molecule has 0 bridgehead atoms. The molecule has 0 radical (unpaired) electrons. The molecule has 0 aliphatic carbocycles. The minimum atomic E-state index is -1.67. The number of nitrogens with one attached hydrogen (secondary N) is 1. The molecule has 0 aromatic carbocycles. The molecule has 0 aromatic rings. The third kappa shape index (κ3) is 39.1. The molecule has 9 unspecified atom stereocenters. The van der Waals surface area contributed by atoms with E-state index in [4.69, 9.17) is 9.47 Å². The van der Waals surface area contributed by atoms with Crippen molar-refractivity contribution in [3.63, 3.8) is 0 Å². The van der Waals surface area contributed by atoms with Gasteiger partial charge in [-0.15, -0.1) is 0 Å². The first-order valence-electron chi connectivity index (χ1n) is 30.5. The van der Waals surface area contributed by atoms with E-state index in [2.05, 4.69) is 67.8 Å². The molecule has 1 saturated heterocycles. The van der Waals surface area contributed by atoms with E-state index in [1.165, 1.54) is 173 Å². The molecule has 73 heavy (non-hydrogen) atoms. The van der Waals surface area contributed by atoms with Gasteiger partial charge in [0.25, 0.3) is 0 Å². The summed E-state index contributed by atoms with van der Waals surface area (Å²) in [6.45, 7) is 3.36. The summed E-state index contributed by atoms with van der Waals surface area (Å²) >= 11 is 0. The lowest BCUT2D eigenvalue weighted by Crippen LogP contribution is -2.60. The highest BCUT2D eigenvalue weighted by atomic mass is 16.7. The van der Waals surface area contributed by atoms with Crippen LogP contribution in [0, 0.1) is 0 Å². The second kappa shape index (κ2) is 50.9. The first-order valence-corrected chi connectivity index (χ1v) is 30.5. The number of aliphatic hydroxyl groups is 7. The van der Waals surface area contributed by atoms with Crippen LogP contribution < -0.4 is 5.32 Å². The number of carbonyl (C=O) groups excluding carboxylic acids is 1. The van der Waals surface area contributed by atoms with E-state index in [0.717, 1.165) is 51.4 Å². The number of hydrogen-bond donors (Lipinski definition) is 8. The third-order valence-electron chi connectivity index (χ3n) is 14.6. The highest BCUT2D eigenvalue weighted by Crippen LogP contribution is 2.23. The fourth-order valence-electron chi connectivity index (χ4n) is 9.61. The fourth-order valence-corrected chi connectivity index (χ4v) is 9.61. The quantitative estimate of drug-likeness (QED) is 0.0215. The summed E-state index contributed by atoms with van der Waals surface area (Å²) in [6, 6.07) is -1.19. The zero-order chi connectivity index (χ0) is 53.3. The van der Waals surface area contributed by atoms with Crippen molar-refractivity contribution >= 4 is 5.91 Å². The number of allylic oxidation sites excluding steroid dienone is 8. The van der Waals surface area contributed by atoms with E-state index in [-0.39, 0.29) is 12.8 Å². The third-order valence-corrected chi connectivity index (χ3v) is 14.6. The van der Waals surface area contributed by atoms with Crippen LogP contribution in [-0.4, -0.2) is 110 Å². The van der Waals surface area contributed by atoms with E-state index >= 15 is 0 Å². The van der Waals surface area contributed by atoms with Crippen LogP contribution in [0.2, 0.25) is 0 Å². The molecule has 1 amide bonds. The summed E-state index contributed by atoms with van der Waals surface area (Å²) in [6.07, 6.45) is 53.7. The van der Waals surface area contributed by atoms with Crippen molar-refractivity contribution in [2.24, 2.45) is 0 Å². The highest BCUT2D eigenvalue weighted by molar-refractivity contribution is 5.80. The zero-order valence-electron chi connectivity index (χ0n) is 46.9. The number of amides is 1. The molecule has 1 heterocycles. The molecular formula is C62H115NO10. The van der Waals surface area contributed by atoms with E-state index in [9.17, 15) is 40.5 Å². The van der Waals surface area contributed by atoms with Gasteiger partial charge in [0, 0.05) is 0 Å². The van der Waals surface area contributed by atoms with Crippen molar-refractivity contribution in [3.05, 3.63) is 48.6 Å². The lowest BCUT2D eigenvalue weighted by atomic mass is 9.98. The second-order valence-corrected chi connectivity index (χ2v) is 21.4. The van der Waals surface area contributed by atoms with Crippen LogP contribution in [0.1, 0.15) is 271 Å². The molecule has 1 fully saturated rings. The maximum absolute atomic E-state index is 13.1. The summed E-state index contributed by atoms with van der Waals surface area (Å²) in [5.41, 5.74) is 0. The minimum absolute atomic E-state index is 0.244. The average molecular weight is 1030 g/mol. The number of hydrogen-bond acceptors (Lipinski definition) is 10. The van der Waals surface area contributed by atoms with Crippen molar-refractivity contribution < 1.29 is 50.0 Å². The first-order chi connectivity index (χ1) is 35.7. The molecule has 11 nitrogen and oxygen atoms in total. The Kier molecular flexibility index (Phi) is 48.1. The van der Waals surface area contributed by atoms with E-state index in [0.29, 0.717) is 19.3 Å². The van der Waals surface area contributed by atoms with Crippen LogP contribution in [0.3, 0.4) is 0 Å². The van der Waals surface area contributed by atoms with Gasteiger partial charge in [-0.3, -0.25) is 4.79 Å². The van der Waals surface area contributed by atoms with Crippen molar-refractivity contribution in [1.29, 1.82) is 0 Å². The van der Waals surface area contributed by atoms with E-state index in [1.807, 2.05) is 0 Å². The molecule has 0 aromatic heterocycles. The Hall–Kier alpha value is -1.93. The van der Waals surface area contributed by atoms with Gasteiger partial charge in [-0.1, -0.05) is 242 Å². The topological polar surface area (TPSA) is 189 Å². The Bertz CT molecular complexity index is 1320. The Morgan fingerprint density at radius 2 is 0.890 bits per heavy atom. The van der Waals surface area contributed by atoms with Gasteiger partial charge in [0.05, 0.1) is 25.4 Å². The Morgan fingerprint density at radius 3 is 1.36 bits per heavy atom. The summed E-state index contributed by atoms with van der Waals surface area (Å²) in [5, 5.41) is 75.8. The van der Waals surface area contributed by atoms with Gasteiger partial charge in [0.1, 0.15) is 36.6 Å². The van der Waals surface area contributed by atoms with Crippen molar-refractivity contribution in [2.45, 2.75) is 326 Å². The molecule has 11 heteroatoms. The predicted octanol–water partition coefficient (Wildman–Crippen LogP) is 13.2. The van der Waals surface area contributed by atoms with Crippen LogP contribution in [0.4, 0.5) is 0 Å². The van der Waals surface area contributed by atoms with Gasteiger partial charge in [-0.25, -0.2) is 0 Å². The molecule has 1 aliphatic heterocycles. The minimum Gasteiger partial charge on any atom is -0.394 e. The number of ether oxygens (including phenoxy) is 2.